The van der Waals surface area contributed by atoms with Gasteiger partial charge >= 0.3 is 0 Å². The number of aryl methyl sites for hydroxylation is 1. The quantitative estimate of drug-likeness (QED) is 0.148. The summed E-state index contributed by atoms with van der Waals surface area (Å²) in [6, 6.07) is 13.3. The molecule has 0 saturated carbocycles. The largest absolute Gasteiger partial charge is 0.305 e. The first-order valence-corrected chi connectivity index (χ1v) is 16.1. The van der Waals surface area contributed by atoms with Gasteiger partial charge in [0.1, 0.15) is 0 Å². The lowest BCUT2D eigenvalue weighted by Gasteiger charge is -2.38. The van der Waals surface area contributed by atoms with Crippen molar-refractivity contribution in [1.29, 1.82) is 5.41 Å². The van der Waals surface area contributed by atoms with Crippen molar-refractivity contribution in [1.82, 2.24) is 19.8 Å². The zero-order valence-corrected chi connectivity index (χ0v) is 26.5. The number of benzene rings is 2. The molecule has 6 rings (SSSR count). The molecule has 2 aliphatic heterocycles. The van der Waals surface area contributed by atoms with E-state index in [4.69, 9.17) is 15.4 Å². The van der Waals surface area contributed by atoms with E-state index in [-0.39, 0.29) is 0 Å². The molecule has 3 heterocycles. The number of likely N-dealkylation sites (tertiary alicyclic amines) is 2. The Kier molecular flexibility index (Phi) is 8.56. The summed E-state index contributed by atoms with van der Waals surface area (Å²) < 4.78 is 0. The summed E-state index contributed by atoms with van der Waals surface area (Å²) in [5.41, 5.74) is 15.1. The minimum absolute atomic E-state index is 0.618. The molecular formula is C38H45N5. The van der Waals surface area contributed by atoms with Crippen molar-refractivity contribution in [3.05, 3.63) is 100 Å². The molecule has 0 radical (unpaired) electrons. The van der Waals surface area contributed by atoms with Crippen molar-refractivity contribution < 1.29 is 0 Å². The number of rotatable bonds is 11. The molecule has 222 valence electrons. The normalized spacial score (nSPS) is 18.4. The van der Waals surface area contributed by atoms with Gasteiger partial charge in [0.25, 0.3) is 0 Å². The van der Waals surface area contributed by atoms with Gasteiger partial charge < -0.3 is 5.41 Å². The third-order valence-electron chi connectivity index (χ3n) is 9.29. The number of aromatic nitrogens is 2. The molecule has 0 amide bonds. The van der Waals surface area contributed by atoms with Gasteiger partial charge in [-0.25, -0.2) is 4.98 Å². The van der Waals surface area contributed by atoms with E-state index in [2.05, 4.69) is 92.1 Å². The predicted octanol–water partition coefficient (Wildman–Crippen LogP) is 7.75. The Balaban J connectivity index is 1.31. The van der Waals surface area contributed by atoms with Gasteiger partial charge in [0.15, 0.2) is 0 Å². The van der Waals surface area contributed by atoms with Crippen molar-refractivity contribution >= 4 is 11.3 Å². The van der Waals surface area contributed by atoms with Gasteiger partial charge in [0.05, 0.1) is 23.3 Å². The monoisotopic (exact) mass is 571 g/mol. The van der Waals surface area contributed by atoms with E-state index in [0.29, 0.717) is 5.71 Å². The van der Waals surface area contributed by atoms with Crippen LogP contribution in [0.15, 0.2) is 72.0 Å². The molecular weight excluding hydrogens is 526 g/mol. The van der Waals surface area contributed by atoms with Crippen LogP contribution in [-0.4, -0.2) is 58.2 Å². The number of hydrogen-bond acceptors (Lipinski definition) is 5. The minimum Gasteiger partial charge on any atom is -0.305 e. The van der Waals surface area contributed by atoms with Gasteiger partial charge in [-0.3, -0.25) is 14.8 Å². The van der Waals surface area contributed by atoms with Crippen molar-refractivity contribution in [2.75, 3.05) is 32.7 Å². The smallest absolute Gasteiger partial charge is 0.0891 e. The summed E-state index contributed by atoms with van der Waals surface area (Å²) in [5.74, 6) is 0.773. The molecule has 1 N–H and O–H groups in total. The molecule has 1 aromatic heterocycles. The highest BCUT2D eigenvalue weighted by atomic mass is 15.2. The third-order valence-corrected chi connectivity index (χ3v) is 9.29. The van der Waals surface area contributed by atoms with Crippen molar-refractivity contribution in [2.24, 2.45) is 5.92 Å². The summed E-state index contributed by atoms with van der Waals surface area (Å²) >= 11 is 0. The zero-order chi connectivity index (χ0) is 30.1. The van der Waals surface area contributed by atoms with Crippen LogP contribution in [0.25, 0.3) is 28.0 Å². The Morgan fingerprint density at radius 2 is 1.67 bits per heavy atom. The first kappa shape index (κ1) is 29.4. The second-order valence-electron chi connectivity index (χ2n) is 12.4. The van der Waals surface area contributed by atoms with E-state index in [1.54, 1.807) is 0 Å². The maximum absolute atomic E-state index is 8.52. The van der Waals surface area contributed by atoms with Gasteiger partial charge in [-0.15, -0.1) is 0 Å². The third kappa shape index (κ3) is 5.93. The average molecular weight is 572 g/mol. The molecule has 0 atom stereocenters. The van der Waals surface area contributed by atoms with Crippen LogP contribution < -0.4 is 0 Å². The van der Waals surface area contributed by atoms with Crippen LogP contribution in [0, 0.1) is 11.3 Å². The first-order valence-electron chi connectivity index (χ1n) is 16.1. The van der Waals surface area contributed by atoms with Crippen LogP contribution in [0.1, 0.15) is 69.1 Å². The maximum atomic E-state index is 8.52. The molecule has 0 spiro atoms. The molecule has 2 fully saturated rings. The predicted molar refractivity (Wildman–Crippen MR) is 179 cm³/mol. The molecule has 0 bridgehead atoms. The zero-order valence-electron chi connectivity index (χ0n) is 26.5. The fourth-order valence-electron chi connectivity index (χ4n) is 6.78. The Morgan fingerprint density at radius 3 is 2.30 bits per heavy atom. The van der Waals surface area contributed by atoms with E-state index in [0.717, 1.165) is 67.6 Å². The van der Waals surface area contributed by atoms with Crippen molar-refractivity contribution in [2.45, 2.75) is 60.4 Å². The SMILES string of the molecule is C\C=C(CN1CC(C)C1)/C(=C/C=C1/c2cccc(-c3cccc(-c4cnc(CN5CCC5)c(CC)n4)c3CC)c21)C(C)=N. The maximum Gasteiger partial charge on any atom is 0.0891 e. The lowest BCUT2D eigenvalue weighted by Crippen LogP contribution is -2.46. The molecule has 3 aliphatic rings. The summed E-state index contributed by atoms with van der Waals surface area (Å²) in [6.07, 6.45) is 11.7. The topological polar surface area (TPSA) is 56.1 Å². The lowest BCUT2D eigenvalue weighted by molar-refractivity contribution is 0.126. The Labute approximate surface area is 257 Å². The van der Waals surface area contributed by atoms with Crippen LogP contribution in [0.2, 0.25) is 0 Å². The minimum atomic E-state index is 0.618. The Morgan fingerprint density at radius 1 is 0.953 bits per heavy atom. The Hall–Kier alpha value is -3.67. The number of allylic oxidation sites excluding steroid dienone is 3. The Bertz CT molecular complexity index is 1630. The molecule has 3 aromatic rings. The summed E-state index contributed by atoms with van der Waals surface area (Å²) in [4.78, 5) is 15.0. The molecule has 43 heavy (non-hydrogen) atoms. The van der Waals surface area contributed by atoms with Crippen LogP contribution in [0.5, 0.6) is 0 Å². The average Bonchev–Trinajstić information content (AvgIpc) is 3.70. The second kappa shape index (κ2) is 12.5. The van der Waals surface area contributed by atoms with Crippen molar-refractivity contribution in [3.8, 4) is 22.4 Å². The van der Waals surface area contributed by atoms with Crippen LogP contribution in [-0.2, 0) is 19.4 Å². The fraction of sp³-hybridized carbons (Fsp3) is 0.395. The first-order chi connectivity index (χ1) is 20.9. The molecule has 0 unspecified atom stereocenters. The highest BCUT2D eigenvalue weighted by molar-refractivity contribution is 6.08. The molecule has 5 nitrogen and oxygen atoms in total. The molecule has 1 aliphatic carbocycles. The molecule has 2 aromatic carbocycles. The van der Waals surface area contributed by atoms with Gasteiger partial charge in [0, 0.05) is 37.5 Å². The lowest BCUT2D eigenvalue weighted by atomic mass is 9.92. The van der Waals surface area contributed by atoms with Crippen LogP contribution >= 0.6 is 0 Å². The van der Waals surface area contributed by atoms with E-state index in [1.165, 1.54) is 64.0 Å². The molecule has 2 saturated heterocycles. The van der Waals surface area contributed by atoms with Crippen molar-refractivity contribution in [3.63, 3.8) is 0 Å². The highest BCUT2D eigenvalue weighted by Gasteiger charge is 2.30. The van der Waals surface area contributed by atoms with Gasteiger partial charge in [-0.2, -0.15) is 0 Å². The standard InChI is InChI=1S/C38H45N5/c1-6-27(23-43-21-25(4)22-43)29(26(5)39)16-17-34-33-15-10-14-32(38(33)34)30-12-9-13-31(28(30)7-2)36-20-40-37(35(8-3)41-36)24-42-18-11-19-42/h6,9-10,12-17,20,25,39H,7-8,11,18-19,21-24H2,1-5H3/b27-6-,29-16+,34-17-,39-26?. The van der Waals surface area contributed by atoms with Gasteiger partial charge in [-0.1, -0.05) is 75.4 Å². The molecule has 5 heteroatoms. The van der Waals surface area contributed by atoms with Crippen LogP contribution in [0.3, 0.4) is 0 Å². The van der Waals surface area contributed by atoms with E-state index >= 15 is 0 Å². The highest BCUT2D eigenvalue weighted by Crippen LogP contribution is 2.50. The second-order valence-corrected chi connectivity index (χ2v) is 12.4. The number of nitrogens with zero attached hydrogens (tertiary/aromatic N) is 4. The van der Waals surface area contributed by atoms with E-state index in [1.807, 2.05) is 13.1 Å². The van der Waals surface area contributed by atoms with Gasteiger partial charge in [-0.05, 0) is 96.7 Å². The number of nitrogens with one attached hydrogen (secondary N) is 1. The van der Waals surface area contributed by atoms with E-state index < -0.39 is 0 Å². The number of fused-ring (bicyclic) bond motifs is 1. The van der Waals surface area contributed by atoms with Gasteiger partial charge in [0.2, 0.25) is 0 Å². The number of hydrogen-bond donors (Lipinski definition) is 1. The summed E-state index contributed by atoms with van der Waals surface area (Å²) in [7, 11) is 0. The summed E-state index contributed by atoms with van der Waals surface area (Å²) in [6.45, 7) is 17.2. The summed E-state index contributed by atoms with van der Waals surface area (Å²) in [5, 5.41) is 8.52. The fourth-order valence-corrected chi connectivity index (χ4v) is 6.78. The van der Waals surface area contributed by atoms with Crippen LogP contribution in [0.4, 0.5) is 0 Å². The van der Waals surface area contributed by atoms with E-state index in [9.17, 15) is 0 Å².